The maximum absolute atomic E-state index is 8.91. The molecule has 12 heavy (non-hydrogen) atoms. The van der Waals surface area contributed by atoms with E-state index in [1.54, 1.807) is 6.07 Å². The average molecular weight is 161 g/mol. The van der Waals surface area contributed by atoms with Crippen molar-refractivity contribution < 1.29 is 5.11 Å². The van der Waals surface area contributed by atoms with E-state index in [-0.39, 0.29) is 6.61 Å². The summed E-state index contributed by atoms with van der Waals surface area (Å²) < 4.78 is 0. The molecule has 1 aromatic rings. The Kier molecular flexibility index (Phi) is 2.47. The first-order chi connectivity index (χ1) is 5.70. The van der Waals surface area contributed by atoms with E-state index in [0.717, 1.165) is 11.1 Å². The fourth-order valence-corrected chi connectivity index (χ4v) is 1.16. The standard InChI is InChI=1S/C10H11NO/c1-7-3-4-9(6-12)10(5-11)8(7)2/h3-4,12H,6H2,1-2H3. The van der Waals surface area contributed by atoms with Crippen molar-refractivity contribution in [3.8, 4) is 6.07 Å². The van der Waals surface area contributed by atoms with Crippen LogP contribution in [0.2, 0.25) is 0 Å². The second-order valence-electron chi connectivity index (χ2n) is 2.81. The predicted molar refractivity (Wildman–Crippen MR) is 46.6 cm³/mol. The molecule has 1 rings (SSSR count). The molecule has 0 spiro atoms. The molecular formula is C10H11NO. The highest BCUT2D eigenvalue weighted by molar-refractivity contribution is 5.47. The van der Waals surface area contributed by atoms with Gasteiger partial charge in [-0.05, 0) is 30.5 Å². The van der Waals surface area contributed by atoms with Gasteiger partial charge in [0.2, 0.25) is 0 Å². The number of aryl methyl sites for hydroxylation is 1. The molecule has 0 saturated carbocycles. The third-order valence-electron chi connectivity index (χ3n) is 2.10. The Hall–Kier alpha value is -1.33. The summed E-state index contributed by atoms with van der Waals surface area (Å²) >= 11 is 0. The number of hydrogen-bond acceptors (Lipinski definition) is 2. The van der Waals surface area contributed by atoms with Crippen LogP contribution in [-0.2, 0) is 6.61 Å². The smallest absolute Gasteiger partial charge is 0.0998 e. The SMILES string of the molecule is Cc1ccc(CO)c(C#N)c1C. The van der Waals surface area contributed by atoms with Crippen molar-refractivity contribution in [2.75, 3.05) is 0 Å². The number of nitrogens with zero attached hydrogens (tertiary/aromatic N) is 1. The minimum Gasteiger partial charge on any atom is -0.392 e. The molecule has 0 fully saturated rings. The van der Waals surface area contributed by atoms with Gasteiger partial charge in [-0.15, -0.1) is 0 Å². The van der Waals surface area contributed by atoms with Crippen molar-refractivity contribution in [2.24, 2.45) is 0 Å². The second-order valence-corrected chi connectivity index (χ2v) is 2.81. The van der Waals surface area contributed by atoms with Crippen LogP contribution in [0.25, 0.3) is 0 Å². The minimum atomic E-state index is -0.0655. The number of benzene rings is 1. The Morgan fingerprint density at radius 1 is 1.42 bits per heavy atom. The van der Waals surface area contributed by atoms with Gasteiger partial charge in [0.25, 0.3) is 0 Å². The number of aliphatic hydroxyl groups is 1. The van der Waals surface area contributed by atoms with Crippen LogP contribution in [0, 0.1) is 25.2 Å². The Morgan fingerprint density at radius 2 is 2.08 bits per heavy atom. The summed E-state index contributed by atoms with van der Waals surface area (Å²) in [5.74, 6) is 0. The molecule has 0 bridgehead atoms. The zero-order valence-electron chi connectivity index (χ0n) is 7.26. The molecule has 0 aliphatic rings. The zero-order valence-corrected chi connectivity index (χ0v) is 7.26. The van der Waals surface area contributed by atoms with E-state index in [1.165, 1.54) is 0 Å². The summed E-state index contributed by atoms with van der Waals surface area (Å²) in [6, 6.07) is 5.81. The number of hydrogen-bond donors (Lipinski definition) is 1. The first-order valence-electron chi connectivity index (χ1n) is 3.80. The van der Waals surface area contributed by atoms with E-state index >= 15 is 0 Å². The lowest BCUT2D eigenvalue weighted by Gasteiger charge is -2.05. The fourth-order valence-electron chi connectivity index (χ4n) is 1.16. The summed E-state index contributed by atoms with van der Waals surface area (Å²) in [5.41, 5.74) is 3.37. The van der Waals surface area contributed by atoms with Crippen molar-refractivity contribution in [2.45, 2.75) is 20.5 Å². The van der Waals surface area contributed by atoms with Crippen LogP contribution in [0.5, 0.6) is 0 Å². The molecule has 0 heterocycles. The van der Waals surface area contributed by atoms with Crippen LogP contribution < -0.4 is 0 Å². The van der Waals surface area contributed by atoms with Crippen LogP contribution in [-0.4, -0.2) is 5.11 Å². The maximum Gasteiger partial charge on any atom is 0.0998 e. The van der Waals surface area contributed by atoms with Crippen LogP contribution >= 0.6 is 0 Å². The molecule has 2 nitrogen and oxygen atoms in total. The van der Waals surface area contributed by atoms with Crippen LogP contribution in [0.1, 0.15) is 22.3 Å². The number of aliphatic hydroxyl groups excluding tert-OH is 1. The summed E-state index contributed by atoms with van der Waals surface area (Å²) in [6.45, 7) is 3.79. The summed E-state index contributed by atoms with van der Waals surface area (Å²) in [5, 5.41) is 17.7. The monoisotopic (exact) mass is 161 g/mol. The van der Waals surface area contributed by atoms with E-state index in [9.17, 15) is 0 Å². The maximum atomic E-state index is 8.91. The Bertz CT molecular complexity index is 336. The third kappa shape index (κ3) is 1.32. The molecule has 0 amide bonds. The van der Waals surface area contributed by atoms with Crippen molar-refractivity contribution in [3.63, 3.8) is 0 Å². The molecule has 0 aliphatic carbocycles. The van der Waals surface area contributed by atoms with Gasteiger partial charge >= 0.3 is 0 Å². The molecule has 0 aromatic heterocycles. The van der Waals surface area contributed by atoms with E-state index in [1.807, 2.05) is 19.9 Å². The quantitative estimate of drug-likeness (QED) is 0.680. The molecule has 2 heteroatoms. The van der Waals surface area contributed by atoms with Crippen molar-refractivity contribution in [1.82, 2.24) is 0 Å². The van der Waals surface area contributed by atoms with Gasteiger partial charge in [-0.3, -0.25) is 0 Å². The van der Waals surface area contributed by atoms with Gasteiger partial charge in [-0.1, -0.05) is 12.1 Å². The minimum absolute atomic E-state index is 0.0655. The fraction of sp³-hybridized carbons (Fsp3) is 0.300. The Morgan fingerprint density at radius 3 is 2.58 bits per heavy atom. The lowest BCUT2D eigenvalue weighted by molar-refractivity contribution is 0.281. The van der Waals surface area contributed by atoms with E-state index in [4.69, 9.17) is 10.4 Å². The van der Waals surface area contributed by atoms with Crippen molar-refractivity contribution >= 4 is 0 Å². The van der Waals surface area contributed by atoms with Crippen molar-refractivity contribution in [1.29, 1.82) is 5.26 Å². The molecule has 0 radical (unpaired) electrons. The summed E-state index contributed by atoms with van der Waals surface area (Å²) in [7, 11) is 0. The molecule has 1 N–H and O–H groups in total. The highest BCUT2D eigenvalue weighted by atomic mass is 16.3. The first kappa shape index (κ1) is 8.76. The molecule has 1 aromatic carbocycles. The highest BCUT2D eigenvalue weighted by Gasteiger charge is 2.05. The predicted octanol–water partition coefficient (Wildman–Crippen LogP) is 1.67. The summed E-state index contributed by atoms with van der Waals surface area (Å²) in [4.78, 5) is 0. The van der Waals surface area contributed by atoms with Gasteiger partial charge in [-0.2, -0.15) is 5.26 Å². The van der Waals surface area contributed by atoms with E-state index < -0.39 is 0 Å². The topological polar surface area (TPSA) is 44.0 Å². The zero-order chi connectivity index (χ0) is 9.14. The largest absolute Gasteiger partial charge is 0.392 e. The third-order valence-corrected chi connectivity index (χ3v) is 2.10. The molecular weight excluding hydrogens is 150 g/mol. The van der Waals surface area contributed by atoms with Gasteiger partial charge < -0.3 is 5.11 Å². The van der Waals surface area contributed by atoms with Gasteiger partial charge in [0.1, 0.15) is 0 Å². The molecule has 62 valence electrons. The summed E-state index contributed by atoms with van der Waals surface area (Å²) in [6.07, 6.45) is 0. The highest BCUT2D eigenvalue weighted by Crippen LogP contribution is 2.16. The lowest BCUT2D eigenvalue weighted by Crippen LogP contribution is -1.94. The number of nitriles is 1. The Balaban J connectivity index is 3.38. The molecule has 0 saturated heterocycles. The van der Waals surface area contributed by atoms with E-state index in [0.29, 0.717) is 11.1 Å². The van der Waals surface area contributed by atoms with E-state index in [2.05, 4.69) is 6.07 Å². The number of rotatable bonds is 1. The van der Waals surface area contributed by atoms with Gasteiger partial charge in [-0.25, -0.2) is 0 Å². The lowest BCUT2D eigenvalue weighted by atomic mass is 9.99. The van der Waals surface area contributed by atoms with Crippen molar-refractivity contribution in [3.05, 3.63) is 34.4 Å². The van der Waals surface area contributed by atoms with Crippen LogP contribution in [0.3, 0.4) is 0 Å². The molecule has 0 atom stereocenters. The Labute approximate surface area is 72.1 Å². The second kappa shape index (κ2) is 3.38. The average Bonchev–Trinajstić information content (AvgIpc) is 2.09. The first-order valence-corrected chi connectivity index (χ1v) is 3.80. The molecule has 0 unspecified atom stereocenters. The van der Waals surface area contributed by atoms with Crippen LogP contribution in [0.4, 0.5) is 0 Å². The van der Waals surface area contributed by atoms with Gasteiger partial charge in [0.15, 0.2) is 0 Å². The van der Waals surface area contributed by atoms with Gasteiger partial charge in [0, 0.05) is 0 Å². The van der Waals surface area contributed by atoms with Gasteiger partial charge in [0.05, 0.1) is 18.2 Å². The normalized spacial score (nSPS) is 9.50. The van der Waals surface area contributed by atoms with Crippen LogP contribution in [0.15, 0.2) is 12.1 Å². The molecule has 0 aliphatic heterocycles.